The maximum atomic E-state index is 15.1. The highest BCUT2D eigenvalue weighted by atomic mass is 16.5. The number of benzene rings is 3. The normalized spacial score (nSPS) is 21.7. The number of cyclic esters (lactones) is 1. The van der Waals surface area contributed by atoms with E-state index in [1.165, 1.54) is 6.92 Å². The third-order valence-electron chi connectivity index (χ3n) is 12.8. The minimum absolute atomic E-state index is 0.00143. The predicted octanol–water partition coefficient (Wildman–Crippen LogP) is 7.66. The van der Waals surface area contributed by atoms with Gasteiger partial charge in [0.05, 0.1) is 18.3 Å². The van der Waals surface area contributed by atoms with Crippen molar-refractivity contribution in [3.8, 4) is 22.8 Å². The van der Waals surface area contributed by atoms with Crippen LogP contribution in [-0.2, 0) is 38.0 Å². The van der Waals surface area contributed by atoms with Crippen molar-refractivity contribution in [1.82, 2.24) is 15.0 Å². The maximum absolute atomic E-state index is 15.1. The molecule has 2 fully saturated rings. The van der Waals surface area contributed by atoms with Crippen LogP contribution in [0.15, 0.2) is 54.6 Å². The van der Waals surface area contributed by atoms with Crippen LogP contribution in [0.5, 0.6) is 0 Å². The van der Waals surface area contributed by atoms with Crippen LogP contribution in [0.25, 0.3) is 22.8 Å². The van der Waals surface area contributed by atoms with Gasteiger partial charge in [0.25, 0.3) is 0 Å². The summed E-state index contributed by atoms with van der Waals surface area (Å²) in [5, 5.41) is 15.9. The van der Waals surface area contributed by atoms with E-state index in [1.54, 1.807) is 28.4 Å². The van der Waals surface area contributed by atoms with Crippen LogP contribution in [0.4, 0.5) is 17.1 Å². The summed E-state index contributed by atoms with van der Waals surface area (Å²) in [6.45, 7) is 10.5. The molecule has 0 amide bonds. The van der Waals surface area contributed by atoms with Crippen molar-refractivity contribution in [1.29, 1.82) is 0 Å². The van der Waals surface area contributed by atoms with Crippen LogP contribution in [0.2, 0.25) is 0 Å². The molecule has 65 heavy (non-hydrogen) atoms. The van der Waals surface area contributed by atoms with Crippen molar-refractivity contribution < 1.29 is 43.1 Å². The number of carbonyl (C=O) groups excluding carboxylic acids is 2. The smallest absolute Gasteiger partial charge is 0.324 e. The molecule has 352 valence electrons. The Labute approximate surface area is 384 Å². The van der Waals surface area contributed by atoms with Crippen LogP contribution < -0.4 is 15.1 Å². The van der Waals surface area contributed by atoms with Crippen molar-refractivity contribution in [2.24, 2.45) is 5.41 Å². The highest BCUT2D eigenvalue weighted by molar-refractivity contribution is 6.05. The number of rotatable bonds is 17. The number of aryl methyl sites for hydroxylation is 4. The van der Waals surface area contributed by atoms with Crippen LogP contribution in [-0.4, -0.2) is 119 Å². The summed E-state index contributed by atoms with van der Waals surface area (Å²) in [5.74, 6) is -0.248. The van der Waals surface area contributed by atoms with Gasteiger partial charge in [-0.25, -0.2) is 15.0 Å². The number of aromatic nitrogens is 3. The number of nitrogens with one attached hydrogen (secondary N) is 1. The van der Waals surface area contributed by atoms with E-state index >= 15 is 4.79 Å². The fraction of sp³-hybridized carbons (Fsp3) is 0.540. The summed E-state index contributed by atoms with van der Waals surface area (Å²) >= 11 is 0. The van der Waals surface area contributed by atoms with Gasteiger partial charge in [-0.15, -0.1) is 0 Å². The van der Waals surface area contributed by atoms with E-state index < -0.39 is 34.8 Å². The molecule has 1 spiro atoms. The zero-order valence-corrected chi connectivity index (χ0v) is 39.7. The standard InChI is InChI=1S/C50H68N6O9/c1-33-14-16-41(35(3)22-33)45-52-46(42-17-15-34(2)23-36(42)4)54-47(53-45)43-18-19-49(27-44(43)58)50(37(5)57,48(59)64-20-12-10-11-13-21-65-49)28-55(30-61-7)39-24-38(51-29-60-6)25-40(26-39)56(31-62-8)32-63-9/h14-17,22-26,43-44,51,58H,10-13,18-21,27-32H2,1-9H3. The molecule has 15 nitrogen and oxygen atoms in total. The van der Waals surface area contributed by atoms with Crippen molar-refractivity contribution >= 4 is 28.8 Å². The van der Waals surface area contributed by atoms with E-state index in [9.17, 15) is 9.90 Å². The highest BCUT2D eigenvalue weighted by Crippen LogP contribution is 2.52. The molecular formula is C50H68N6O9. The van der Waals surface area contributed by atoms with Gasteiger partial charge in [0.1, 0.15) is 32.7 Å². The summed E-state index contributed by atoms with van der Waals surface area (Å²) in [6.07, 6.45) is 2.40. The Balaban J connectivity index is 1.48. The molecule has 4 atom stereocenters. The number of hydrogen-bond acceptors (Lipinski definition) is 15. The van der Waals surface area contributed by atoms with E-state index in [0.717, 1.165) is 51.9 Å². The molecule has 1 saturated carbocycles. The zero-order valence-electron chi connectivity index (χ0n) is 39.7. The van der Waals surface area contributed by atoms with Crippen LogP contribution in [0, 0.1) is 33.1 Å². The Morgan fingerprint density at radius 2 is 1.34 bits per heavy atom. The lowest BCUT2D eigenvalue weighted by atomic mass is 9.60. The van der Waals surface area contributed by atoms with Crippen molar-refractivity contribution in [3.05, 3.63) is 82.7 Å². The third kappa shape index (κ3) is 11.2. The average Bonchev–Trinajstić information content (AvgIpc) is 3.29. The van der Waals surface area contributed by atoms with Gasteiger partial charge in [-0.05, 0) is 96.0 Å². The summed E-state index contributed by atoms with van der Waals surface area (Å²) in [7, 11) is 6.37. The lowest BCUT2D eigenvalue weighted by Gasteiger charge is -2.52. The average molecular weight is 897 g/mol. The molecule has 1 aliphatic heterocycles. The van der Waals surface area contributed by atoms with Gasteiger partial charge in [0.15, 0.2) is 22.8 Å². The number of esters is 1. The molecule has 2 aliphatic rings. The predicted molar refractivity (Wildman–Crippen MR) is 251 cm³/mol. The minimum Gasteiger partial charge on any atom is -0.465 e. The van der Waals surface area contributed by atoms with E-state index in [2.05, 4.69) is 17.4 Å². The maximum Gasteiger partial charge on any atom is 0.324 e. The number of aliphatic hydroxyl groups excluding tert-OH is 1. The number of carbonyl (C=O) groups is 2. The van der Waals surface area contributed by atoms with Gasteiger partial charge < -0.3 is 48.6 Å². The Hall–Kier alpha value is -5.03. The molecule has 4 aromatic rings. The molecule has 0 radical (unpaired) electrons. The number of methoxy groups -OCH3 is 4. The fourth-order valence-corrected chi connectivity index (χ4v) is 9.49. The largest absolute Gasteiger partial charge is 0.465 e. The number of anilines is 3. The number of ketones is 1. The molecule has 2 heterocycles. The van der Waals surface area contributed by atoms with E-state index in [4.69, 9.17) is 43.4 Å². The molecule has 6 rings (SSSR count). The molecular weight excluding hydrogens is 829 g/mol. The number of hydrogen-bond donors (Lipinski definition) is 2. The van der Waals surface area contributed by atoms with E-state index in [0.29, 0.717) is 48.1 Å². The second-order valence-corrected chi connectivity index (χ2v) is 17.6. The first-order valence-corrected chi connectivity index (χ1v) is 22.6. The van der Waals surface area contributed by atoms with Crippen molar-refractivity contribution in [2.45, 2.75) is 97.2 Å². The number of nitrogens with zero attached hydrogens (tertiary/aromatic N) is 5. The second-order valence-electron chi connectivity index (χ2n) is 17.6. The van der Waals surface area contributed by atoms with Crippen LogP contribution in [0.3, 0.4) is 0 Å². The molecule has 1 aliphatic carbocycles. The molecule has 15 heteroatoms. The molecule has 1 saturated heterocycles. The van der Waals surface area contributed by atoms with Gasteiger partial charge in [-0.1, -0.05) is 53.9 Å². The first-order chi connectivity index (χ1) is 31.3. The van der Waals surface area contributed by atoms with Gasteiger partial charge in [0.2, 0.25) is 0 Å². The fourth-order valence-electron chi connectivity index (χ4n) is 9.49. The molecule has 1 aromatic heterocycles. The van der Waals surface area contributed by atoms with Gasteiger partial charge >= 0.3 is 5.97 Å². The molecule has 3 aromatic carbocycles. The van der Waals surface area contributed by atoms with Gasteiger partial charge in [-0.3, -0.25) is 9.59 Å². The second kappa shape index (κ2) is 22.4. The summed E-state index contributed by atoms with van der Waals surface area (Å²) in [5.41, 5.74) is 4.70. The monoisotopic (exact) mass is 897 g/mol. The molecule has 2 N–H and O–H groups in total. The topological polar surface area (TPSA) is 167 Å². The quantitative estimate of drug-likeness (QED) is 0.0602. The Kier molecular flexibility index (Phi) is 17.1. The lowest BCUT2D eigenvalue weighted by Crippen LogP contribution is -2.66. The van der Waals surface area contributed by atoms with Crippen molar-refractivity contribution in [2.75, 3.05) is 90.2 Å². The van der Waals surface area contributed by atoms with E-state index in [1.807, 2.05) is 80.0 Å². The first-order valence-electron chi connectivity index (χ1n) is 22.6. The van der Waals surface area contributed by atoms with E-state index in [-0.39, 0.29) is 59.5 Å². The minimum atomic E-state index is -1.91. The van der Waals surface area contributed by atoms with Gasteiger partial charge in [0, 0.05) is 82.1 Å². The lowest BCUT2D eigenvalue weighted by molar-refractivity contribution is -0.202. The Morgan fingerprint density at radius 3 is 1.88 bits per heavy atom. The van der Waals surface area contributed by atoms with Gasteiger partial charge in [-0.2, -0.15) is 0 Å². The summed E-state index contributed by atoms with van der Waals surface area (Å²) < 4.78 is 35.4. The Bertz CT molecular complexity index is 2180. The number of aliphatic hydroxyl groups is 1. The van der Waals surface area contributed by atoms with Crippen LogP contribution in [0.1, 0.15) is 85.9 Å². The SMILES string of the molecule is COCNc1cc(N(COC)COC)cc(N(COC)CC2(C(C)=O)C(=O)OCCCCCCOC23CCC(c2nc(-c4ccc(C)cc4C)nc(-c4ccc(C)cc4C)n2)C(O)C3)c1. The highest BCUT2D eigenvalue weighted by Gasteiger charge is 2.65. The summed E-state index contributed by atoms with van der Waals surface area (Å²) in [6, 6.07) is 18.1. The van der Waals surface area contributed by atoms with Crippen molar-refractivity contribution in [3.63, 3.8) is 0 Å². The number of ether oxygens (including phenoxy) is 6. The van der Waals surface area contributed by atoms with Crippen LogP contribution >= 0.6 is 0 Å². The number of Topliss-reactive ketones (excluding diaryl/α,β-unsaturated/α-hetero) is 1. The third-order valence-corrected chi connectivity index (χ3v) is 12.8. The first kappa shape index (κ1) is 49.4. The summed E-state index contributed by atoms with van der Waals surface area (Å²) in [4.78, 5) is 48.9. The molecule has 0 bridgehead atoms. The molecule has 4 unspecified atom stereocenters. The Morgan fingerprint density at radius 1 is 0.769 bits per heavy atom. The zero-order chi connectivity index (χ0) is 46.7.